The number of methoxy groups -OCH3 is 1. The third kappa shape index (κ3) is 2.84. The van der Waals surface area contributed by atoms with E-state index in [1.807, 2.05) is 30.3 Å². The fourth-order valence-corrected chi connectivity index (χ4v) is 1.77. The van der Waals surface area contributed by atoms with Gasteiger partial charge in [0, 0.05) is 5.69 Å². The first kappa shape index (κ1) is 12.5. The third-order valence-electron chi connectivity index (χ3n) is 2.49. The van der Waals surface area contributed by atoms with Crippen LogP contribution in [0.4, 0.5) is 5.69 Å². The van der Waals surface area contributed by atoms with Crippen LogP contribution in [0.1, 0.15) is 16.2 Å². The molecular formula is C13H13ClN2O2. The topological polar surface area (TPSA) is 54.1 Å². The normalized spacial score (nSPS) is 10.1. The molecule has 0 fully saturated rings. The summed E-state index contributed by atoms with van der Waals surface area (Å²) in [4.78, 5) is 14.2. The molecule has 1 aromatic heterocycles. The van der Waals surface area contributed by atoms with Gasteiger partial charge >= 0.3 is 5.97 Å². The number of aromatic amines is 1. The highest BCUT2D eigenvalue weighted by molar-refractivity contribution is 6.33. The van der Waals surface area contributed by atoms with E-state index in [1.165, 1.54) is 7.11 Å². The molecule has 0 aliphatic heterocycles. The second kappa shape index (κ2) is 5.60. The van der Waals surface area contributed by atoms with Crippen LogP contribution >= 0.6 is 11.6 Å². The van der Waals surface area contributed by atoms with Gasteiger partial charge in [0.05, 0.1) is 24.4 Å². The lowest BCUT2D eigenvalue weighted by Gasteiger charge is -2.06. The molecule has 1 aromatic carbocycles. The number of carbonyl (C=O) groups excluding carboxylic acids is 1. The molecule has 1 heterocycles. The number of esters is 1. The first-order valence-electron chi connectivity index (χ1n) is 5.45. The molecular weight excluding hydrogens is 252 g/mol. The van der Waals surface area contributed by atoms with Gasteiger partial charge < -0.3 is 15.0 Å². The molecule has 0 aliphatic rings. The predicted molar refractivity (Wildman–Crippen MR) is 70.9 cm³/mol. The number of para-hydroxylation sites is 1. The fraction of sp³-hybridized carbons (Fsp3) is 0.154. The monoisotopic (exact) mass is 264 g/mol. The van der Waals surface area contributed by atoms with Gasteiger partial charge in [-0.3, -0.25) is 0 Å². The SMILES string of the molecule is COC(=O)c1ccc(CNc2ccccc2Cl)[nH]1. The van der Waals surface area contributed by atoms with Crippen LogP contribution < -0.4 is 5.32 Å². The van der Waals surface area contributed by atoms with Crippen molar-refractivity contribution in [2.45, 2.75) is 6.54 Å². The van der Waals surface area contributed by atoms with Crippen molar-refractivity contribution in [2.75, 3.05) is 12.4 Å². The van der Waals surface area contributed by atoms with Crippen molar-refractivity contribution in [1.29, 1.82) is 0 Å². The van der Waals surface area contributed by atoms with E-state index in [1.54, 1.807) is 6.07 Å². The van der Waals surface area contributed by atoms with E-state index in [4.69, 9.17) is 11.6 Å². The van der Waals surface area contributed by atoms with Gasteiger partial charge in [0.15, 0.2) is 0 Å². The number of anilines is 1. The molecule has 0 saturated carbocycles. The number of nitrogens with one attached hydrogen (secondary N) is 2. The highest BCUT2D eigenvalue weighted by Crippen LogP contribution is 2.21. The van der Waals surface area contributed by atoms with Crippen LogP contribution in [0, 0.1) is 0 Å². The van der Waals surface area contributed by atoms with Gasteiger partial charge in [0.1, 0.15) is 5.69 Å². The van der Waals surface area contributed by atoms with Crippen LogP contribution in [-0.2, 0) is 11.3 Å². The van der Waals surface area contributed by atoms with Crippen molar-refractivity contribution in [3.05, 3.63) is 52.8 Å². The largest absolute Gasteiger partial charge is 0.464 e. The summed E-state index contributed by atoms with van der Waals surface area (Å²) in [5.74, 6) is -0.376. The van der Waals surface area contributed by atoms with E-state index in [0.717, 1.165) is 11.4 Å². The molecule has 94 valence electrons. The van der Waals surface area contributed by atoms with Gasteiger partial charge in [0.25, 0.3) is 0 Å². The molecule has 18 heavy (non-hydrogen) atoms. The van der Waals surface area contributed by atoms with Crippen molar-refractivity contribution in [1.82, 2.24) is 4.98 Å². The molecule has 0 saturated heterocycles. The number of benzene rings is 1. The Morgan fingerprint density at radius 2 is 2.11 bits per heavy atom. The minimum atomic E-state index is -0.376. The Balaban J connectivity index is 2.01. The van der Waals surface area contributed by atoms with Gasteiger partial charge in [-0.05, 0) is 24.3 Å². The summed E-state index contributed by atoms with van der Waals surface area (Å²) in [7, 11) is 1.35. The molecule has 2 rings (SSSR count). The number of aromatic nitrogens is 1. The van der Waals surface area contributed by atoms with Gasteiger partial charge in [-0.2, -0.15) is 0 Å². The highest BCUT2D eigenvalue weighted by atomic mass is 35.5. The van der Waals surface area contributed by atoms with E-state index in [-0.39, 0.29) is 5.97 Å². The number of rotatable bonds is 4. The number of H-pyrrole nitrogens is 1. The second-order valence-corrected chi connectivity index (χ2v) is 4.13. The Kier molecular flexibility index (Phi) is 3.89. The zero-order chi connectivity index (χ0) is 13.0. The number of ether oxygens (including phenoxy) is 1. The molecule has 4 nitrogen and oxygen atoms in total. The molecule has 0 aliphatic carbocycles. The van der Waals surface area contributed by atoms with Crippen molar-refractivity contribution < 1.29 is 9.53 Å². The minimum absolute atomic E-state index is 0.376. The Bertz CT molecular complexity index is 551. The average molecular weight is 265 g/mol. The summed E-state index contributed by atoms with van der Waals surface area (Å²) >= 11 is 6.02. The van der Waals surface area contributed by atoms with Crippen LogP contribution in [0.15, 0.2) is 36.4 Å². The van der Waals surface area contributed by atoms with Gasteiger partial charge in [-0.15, -0.1) is 0 Å². The molecule has 0 bridgehead atoms. The van der Waals surface area contributed by atoms with Crippen molar-refractivity contribution in [2.24, 2.45) is 0 Å². The summed E-state index contributed by atoms with van der Waals surface area (Å²) < 4.78 is 4.62. The molecule has 0 unspecified atom stereocenters. The molecule has 2 aromatic rings. The number of hydrogen-bond donors (Lipinski definition) is 2. The van der Waals surface area contributed by atoms with E-state index in [9.17, 15) is 4.79 Å². The maximum absolute atomic E-state index is 11.3. The lowest BCUT2D eigenvalue weighted by Crippen LogP contribution is -2.03. The van der Waals surface area contributed by atoms with Crippen molar-refractivity contribution in [3.8, 4) is 0 Å². The van der Waals surface area contributed by atoms with Crippen LogP contribution in [-0.4, -0.2) is 18.1 Å². The minimum Gasteiger partial charge on any atom is -0.464 e. The van der Waals surface area contributed by atoms with E-state index in [0.29, 0.717) is 17.3 Å². The predicted octanol–water partition coefficient (Wildman–Crippen LogP) is 3.07. The maximum atomic E-state index is 11.3. The Hall–Kier alpha value is -1.94. The van der Waals surface area contributed by atoms with Crippen LogP contribution in [0.25, 0.3) is 0 Å². The Morgan fingerprint density at radius 3 is 2.83 bits per heavy atom. The number of carbonyl (C=O) groups is 1. The maximum Gasteiger partial charge on any atom is 0.354 e. The van der Waals surface area contributed by atoms with E-state index in [2.05, 4.69) is 15.0 Å². The Morgan fingerprint density at radius 1 is 1.33 bits per heavy atom. The number of hydrogen-bond acceptors (Lipinski definition) is 3. The zero-order valence-electron chi connectivity index (χ0n) is 9.87. The van der Waals surface area contributed by atoms with Crippen molar-refractivity contribution in [3.63, 3.8) is 0 Å². The zero-order valence-corrected chi connectivity index (χ0v) is 10.6. The molecule has 5 heteroatoms. The highest BCUT2D eigenvalue weighted by Gasteiger charge is 2.07. The third-order valence-corrected chi connectivity index (χ3v) is 2.82. The summed E-state index contributed by atoms with van der Waals surface area (Å²) in [5.41, 5.74) is 2.18. The standard InChI is InChI=1S/C13H13ClN2O2/c1-18-13(17)12-7-6-9(16-12)8-15-11-5-3-2-4-10(11)14/h2-7,15-16H,8H2,1H3. The molecule has 0 radical (unpaired) electrons. The fourth-order valence-electron chi connectivity index (χ4n) is 1.57. The average Bonchev–Trinajstić information content (AvgIpc) is 2.86. The molecule has 0 atom stereocenters. The first-order valence-corrected chi connectivity index (χ1v) is 5.83. The van der Waals surface area contributed by atoms with Gasteiger partial charge in [-0.1, -0.05) is 23.7 Å². The summed E-state index contributed by atoms with van der Waals surface area (Å²) in [6.45, 7) is 0.556. The quantitative estimate of drug-likeness (QED) is 0.835. The van der Waals surface area contributed by atoms with E-state index < -0.39 is 0 Å². The summed E-state index contributed by atoms with van der Waals surface area (Å²) in [6, 6.07) is 11.0. The summed E-state index contributed by atoms with van der Waals surface area (Å²) in [6.07, 6.45) is 0. The van der Waals surface area contributed by atoms with E-state index >= 15 is 0 Å². The van der Waals surface area contributed by atoms with Crippen LogP contribution in [0.5, 0.6) is 0 Å². The first-order chi connectivity index (χ1) is 8.70. The molecule has 0 spiro atoms. The second-order valence-electron chi connectivity index (χ2n) is 3.72. The van der Waals surface area contributed by atoms with Gasteiger partial charge in [-0.25, -0.2) is 4.79 Å². The smallest absolute Gasteiger partial charge is 0.354 e. The number of halogens is 1. The lowest BCUT2D eigenvalue weighted by molar-refractivity contribution is 0.0594. The van der Waals surface area contributed by atoms with Crippen molar-refractivity contribution >= 4 is 23.3 Å². The molecule has 0 amide bonds. The van der Waals surface area contributed by atoms with Gasteiger partial charge in [0.2, 0.25) is 0 Å². The van der Waals surface area contributed by atoms with Crippen LogP contribution in [0.2, 0.25) is 5.02 Å². The lowest BCUT2D eigenvalue weighted by atomic mass is 10.3. The molecule has 2 N–H and O–H groups in total. The summed E-state index contributed by atoms with van der Waals surface area (Å²) in [5, 5.41) is 3.85. The van der Waals surface area contributed by atoms with Crippen LogP contribution in [0.3, 0.4) is 0 Å². The Labute approximate surface area is 110 Å².